The Morgan fingerprint density at radius 2 is 2.23 bits per heavy atom. The smallest absolute Gasteiger partial charge is 0.249 e. The highest BCUT2D eigenvalue weighted by Crippen LogP contribution is 2.47. The zero-order chi connectivity index (χ0) is 15.5. The van der Waals surface area contributed by atoms with Gasteiger partial charge in [-0.2, -0.15) is 5.10 Å². The number of hydrogen-bond donors (Lipinski definition) is 1. The average Bonchev–Trinajstić information content (AvgIpc) is 3.17. The summed E-state index contributed by atoms with van der Waals surface area (Å²) in [5.74, 6) is 1.50. The predicted molar refractivity (Wildman–Crippen MR) is 84.6 cm³/mol. The van der Waals surface area contributed by atoms with Crippen molar-refractivity contribution in [3.63, 3.8) is 0 Å². The quantitative estimate of drug-likeness (QED) is 0.892. The molecule has 2 amide bonds. The summed E-state index contributed by atoms with van der Waals surface area (Å²) >= 11 is 1.72. The molecule has 0 unspecified atom stereocenters. The lowest BCUT2D eigenvalue weighted by molar-refractivity contribution is -0.135. The number of fused-ring (bicyclic) bond motifs is 2. The zero-order valence-electron chi connectivity index (χ0n) is 12.9. The van der Waals surface area contributed by atoms with Crippen LogP contribution in [0.2, 0.25) is 0 Å². The molecule has 22 heavy (non-hydrogen) atoms. The van der Waals surface area contributed by atoms with Crippen LogP contribution < -0.4 is 5.32 Å². The molecule has 118 valence electrons. The number of anilines is 1. The minimum atomic E-state index is -0.364. The molecule has 4 rings (SSSR count). The normalized spacial score (nSPS) is 29.8. The topological polar surface area (TPSA) is 67.2 Å². The van der Waals surface area contributed by atoms with Crippen molar-refractivity contribution in [2.24, 2.45) is 7.05 Å². The number of carbonyl (C=O) groups is 2. The molecule has 0 bridgehead atoms. The Labute approximate surface area is 133 Å². The van der Waals surface area contributed by atoms with Gasteiger partial charge in [0.05, 0.1) is 10.6 Å². The Hall–Kier alpha value is -1.50. The summed E-state index contributed by atoms with van der Waals surface area (Å²) in [6, 6.07) is -0.364. The van der Waals surface area contributed by atoms with Crippen molar-refractivity contribution in [2.45, 2.75) is 49.9 Å². The number of thioether (sulfide) groups is 1. The highest BCUT2D eigenvalue weighted by molar-refractivity contribution is 8.01. The monoisotopic (exact) mass is 320 g/mol. The molecule has 7 heteroatoms. The van der Waals surface area contributed by atoms with Gasteiger partial charge in [-0.3, -0.25) is 14.3 Å². The van der Waals surface area contributed by atoms with Gasteiger partial charge in [-0.05, 0) is 32.6 Å². The second-order valence-electron chi connectivity index (χ2n) is 6.51. The van der Waals surface area contributed by atoms with Crippen LogP contribution in [0.4, 0.5) is 5.82 Å². The lowest BCUT2D eigenvalue weighted by atomic mass is 10.2. The third-order valence-corrected chi connectivity index (χ3v) is 6.56. The summed E-state index contributed by atoms with van der Waals surface area (Å²) in [7, 11) is 1.86. The fourth-order valence-electron chi connectivity index (χ4n) is 3.89. The van der Waals surface area contributed by atoms with Gasteiger partial charge in [-0.1, -0.05) is 0 Å². The van der Waals surface area contributed by atoms with E-state index in [0.717, 1.165) is 42.8 Å². The molecule has 2 fully saturated rings. The number of rotatable bonds is 2. The minimum Gasteiger partial charge on any atom is -0.315 e. The van der Waals surface area contributed by atoms with E-state index in [4.69, 9.17) is 0 Å². The minimum absolute atomic E-state index is 0.0795. The van der Waals surface area contributed by atoms with Crippen LogP contribution in [0, 0.1) is 0 Å². The third kappa shape index (κ3) is 1.91. The van der Waals surface area contributed by atoms with Crippen molar-refractivity contribution in [2.75, 3.05) is 11.1 Å². The first-order valence-corrected chi connectivity index (χ1v) is 8.80. The van der Waals surface area contributed by atoms with Crippen LogP contribution in [0.5, 0.6) is 0 Å². The highest BCUT2D eigenvalue weighted by atomic mass is 32.2. The van der Waals surface area contributed by atoms with E-state index in [9.17, 15) is 9.59 Å². The van der Waals surface area contributed by atoms with Gasteiger partial charge in [-0.25, -0.2) is 0 Å². The maximum absolute atomic E-state index is 12.7. The van der Waals surface area contributed by atoms with Crippen molar-refractivity contribution in [1.29, 1.82) is 0 Å². The van der Waals surface area contributed by atoms with Crippen LogP contribution >= 0.6 is 11.8 Å². The lowest BCUT2D eigenvalue weighted by Crippen LogP contribution is -2.48. The SMILES string of the molecule is Cn1nc2c(c1NC(=O)[C@H]1CS[C@@]3(C)CCC(=O)N13)CCC2. The first-order valence-electron chi connectivity index (χ1n) is 7.81. The van der Waals surface area contributed by atoms with Crippen LogP contribution in [0.25, 0.3) is 0 Å². The van der Waals surface area contributed by atoms with E-state index in [1.165, 1.54) is 0 Å². The third-order valence-electron chi connectivity index (χ3n) is 5.06. The second kappa shape index (κ2) is 4.75. The van der Waals surface area contributed by atoms with E-state index in [-0.39, 0.29) is 22.7 Å². The van der Waals surface area contributed by atoms with E-state index in [1.807, 2.05) is 7.05 Å². The van der Waals surface area contributed by atoms with Crippen molar-refractivity contribution >= 4 is 29.4 Å². The molecule has 0 spiro atoms. The molecule has 2 atom stereocenters. The number of carbonyl (C=O) groups excluding carboxylic acids is 2. The largest absolute Gasteiger partial charge is 0.315 e. The van der Waals surface area contributed by atoms with E-state index in [1.54, 1.807) is 21.3 Å². The Morgan fingerprint density at radius 3 is 3.05 bits per heavy atom. The van der Waals surface area contributed by atoms with Crippen LogP contribution in [0.15, 0.2) is 0 Å². The van der Waals surface area contributed by atoms with E-state index < -0.39 is 0 Å². The molecule has 2 saturated heterocycles. The number of amides is 2. The molecule has 1 aromatic heterocycles. The molecule has 1 N–H and O–H groups in total. The Morgan fingerprint density at radius 1 is 1.41 bits per heavy atom. The van der Waals surface area contributed by atoms with Gasteiger partial charge in [0.25, 0.3) is 0 Å². The summed E-state index contributed by atoms with van der Waals surface area (Å²) in [6.07, 6.45) is 4.44. The molecule has 0 saturated carbocycles. The van der Waals surface area contributed by atoms with E-state index in [0.29, 0.717) is 12.2 Å². The molecule has 3 heterocycles. The van der Waals surface area contributed by atoms with Gasteiger partial charge in [0, 0.05) is 24.8 Å². The van der Waals surface area contributed by atoms with Gasteiger partial charge < -0.3 is 10.2 Å². The maximum Gasteiger partial charge on any atom is 0.249 e. The van der Waals surface area contributed by atoms with Crippen molar-refractivity contribution in [1.82, 2.24) is 14.7 Å². The van der Waals surface area contributed by atoms with Crippen LogP contribution in [0.1, 0.15) is 37.4 Å². The van der Waals surface area contributed by atoms with Crippen molar-refractivity contribution < 1.29 is 9.59 Å². The number of nitrogens with zero attached hydrogens (tertiary/aromatic N) is 3. The van der Waals surface area contributed by atoms with Gasteiger partial charge >= 0.3 is 0 Å². The fraction of sp³-hybridized carbons (Fsp3) is 0.667. The maximum atomic E-state index is 12.7. The number of hydrogen-bond acceptors (Lipinski definition) is 4. The van der Waals surface area contributed by atoms with Gasteiger partial charge in [0.2, 0.25) is 11.8 Å². The Balaban J connectivity index is 1.57. The fourth-order valence-corrected chi connectivity index (χ4v) is 5.32. The molecule has 2 aliphatic heterocycles. The summed E-state index contributed by atoms with van der Waals surface area (Å²) < 4.78 is 1.76. The molecule has 0 aromatic carbocycles. The van der Waals surface area contributed by atoms with Crippen molar-refractivity contribution in [3.05, 3.63) is 11.3 Å². The molecule has 1 aromatic rings. The standard InChI is InChI=1S/C15H20N4O2S/c1-15-7-6-12(20)19(15)11(8-22-15)14(21)16-13-9-4-3-5-10(9)17-18(13)2/h11H,3-8H2,1-2H3,(H,16,21)/t11-,15+/m1/s1. The summed E-state index contributed by atoms with van der Waals surface area (Å²) in [6.45, 7) is 2.07. The number of aromatic nitrogens is 2. The Bertz CT molecular complexity index is 671. The zero-order valence-corrected chi connectivity index (χ0v) is 13.7. The summed E-state index contributed by atoms with van der Waals surface area (Å²) in [4.78, 5) is 26.5. The van der Waals surface area contributed by atoms with Crippen LogP contribution in [-0.4, -0.2) is 43.2 Å². The molecular formula is C15H20N4O2S. The van der Waals surface area contributed by atoms with E-state index in [2.05, 4.69) is 17.3 Å². The molecular weight excluding hydrogens is 300 g/mol. The van der Waals surface area contributed by atoms with Crippen LogP contribution in [-0.2, 0) is 29.5 Å². The molecule has 0 radical (unpaired) electrons. The average molecular weight is 320 g/mol. The summed E-state index contributed by atoms with van der Waals surface area (Å²) in [5, 5.41) is 7.52. The number of nitrogens with one attached hydrogen (secondary N) is 1. The first kappa shape index (κ1) is 14.1. The highest BCUT2D eigenvalue weighted by Gasteiger charge is 2.53. The van der Waals surface area contributed by atoms with Crippen LogP contribution in [0.3, 0.4) is 0 Å². The molecule has 6 nitrogen and oxygen atoms in total. The van der Waals surface area contributed by atoms with Gasteiger partial charge in [0.1, 0.15) is 11.9 Å². The molecule has 1 aliphatic carbocycles. The lowest BCUT2D eigenvalue weighted by Gasteiger charge is -2.29. The molecule has 3 aliphatic rings. The Kier molecular flexibility index (Phi) is 3.04. The van der Waals surface area contributed by atoms with Gasteiger partial charge in [0.15, 0.2) is 0 Å². The van der Waals surface area contributed by atoms with Gasteiger partial charge in [-0.15, -0.1) is 11.8 Å². The summed E-state index contributed by atoms with van der Waals surface area (Å²) in [5.41, 5.74) is 2.26. The second-order valence-corrected chi connectivity index (χ2v) is 8.01. The van der Waals surface area contributed by atoms with E-state index >= 15 is 0 Å². The first-order chi connectivity index (χ1) is 10.5. The predicted octanol–water partition coefficient (Wildman–Crippen LogP) is 1.30. The van der Waals surface area contributed by atoms with Crippen molar-refractivity contribution in [3.8, 4) is 0 Å². The number of aryl methyl sites for hydroxylation is 2.